The van der Waals surface area contributed by atoms with Gasteiger partial charge in [-0.25, -0.2) is 0 Å². The molecular weight excluding hydrogens is 328 g/mol. The highest BCUT2D eigenvalue weighted by Gasteiger charge is 2.07. The number of carbonyl (C=O) groups is 1. The van der Waals surface area contributed by atoms with E-state index in [9.17, 15) is 4.79 Å². The highest BCUT2D eigenvalue weighted by Crippen LogP contribution is 2.15. The van der Waals surface area contributed by atoms with Gasteiger partial charge in [0.25, 0.3) is 0 Å². The molecule has 0 spiro atoms. The Kier molecular flexibility index (Phi) is 7.96. The van der Waals surface area contributed by atoms with Crippen molar-refractivity contribution in [1.29, 1.82) is 0 Å². The third-order valence-electron chi connectivity index (χ3n) is 4.13. The largest absolute Gasteiger partial charge is 0.497 e. The number of nitrogens with zero attached hydrogens (tertiary/aromatic N) is 1. The van der Waals surface area contributed by atoms with Gasteiger partial charge in [-0.05, 0) is 49.7 Å². The Morgan fingerprint density at radius 3 is 2.54 bits per heavy atom. The molecule has 0 aromatic heterocycles. The van der Waals surface area contributed by atoms with Crippen LogP contribution < -0.4 is 14.8 Å². The third-order valence-corrected chi connectivity index (χ3v) is 4.13. The van der Waals surface area contributed by atoms with E-state index < -0.39 is 0 Å². The molecule has 0 saturated heterocycles. The van der Waals surface area contributed by atoms with Crippen LogP contribution >= 0.6 is 0 Å². The monoisotopic (exact) mass is 356 g/mol. The lowest BCUT2D eigenvalue weighted by molar-refractivity contribution is -0.121. The number of hydrogen-bond acceptors (Lipinski definition) is 4. The van der Waals surface area contributed by atoms with E-state index in [0.717, 1.165) is 23.5 Å². The summed E-state index contributed by atoms with van der Waals surface area (Å²) in [5.41, 5.74) is 2.29. The fourth-order valence-electron chi connectivity index (χ4n) is 2.55. The van der Waals surface area contributed by atoms with Gasteiger partial charge in [0.2, 0.25) is 5.91 Å². The summed E-state index contributed by atoms with van der Waals surface area (Å²) >= 11 is 0. The van der Waals surface area contributed by atoms with Gasteiger partial charge in [-0.3, -0.25) is 9.69 Å². The van der Waals surface area contributed by atoms with E-state index in [2.05, 4.69) is 5.32 Å². The Hall–Kier alpha value is -2.53. The second-order valence-corrected chi connectivity index (χ2v) is 6.30. The average Bonchev–Trinajstić information content (AvgIpc) is 2.64. The maximum atomic E-state index is 12.0. The molecule has 0 aliphatic rings. The molecule has 5 heteroatoms. The molecule has 2 aromatic carbocycles. The van der Waals surface area contributed by atoms with E-state index in [4.69, 9.17) is 9.47 Å². The SMILES string of the molecule is COc1ccc(CCNC(=O)CN(C)CCOc2ccccc2C)cc1. The van der Waals surface area contributed by atoms with Crippen molar-refractivity contribution >= 4 is 5.91 Å². The smallest absolute Gasteiger partial charge is 0.234 e. The number of ether oxygens (including phenoxy) is 2. The first kappa shape index (κ1) is 19.8. The topological polar surface area (TPSA) is 50.8 Å². The summed E-state index contributed by atoms with van der Waals surface area (Å²) in [4.78, 5) is 14.0. The van der Waals surface area contributed by atoms with E-state index >= 15 is 0 Å². The lowest BCUT2D eigenvalue weighted by Crippen LogP contribution is -2.37. The molecule has 0 heterocycles. The zero-order valence-electron chi connectivity index (χ0n) is 15.8. The predicted molar refractivity (Wildman–Crippen MR) is 104 cm³/mol. The first-order valence-corrected chi connectivity index (χ1v) is 8.85. The van der Waals surface area contributed by atoms with Crippen LogP contribution in [0, 0.1) is 6.92 Å². The minimum atomic E-state index is 0.0249. The number of likely N-dealkylation sites (N-methyl/N-ethyl adjacent to an activating group) is 1. The van der Waals surface area contributed by atoms with Crippen molar-refractivity contribution in [2.75, 3.05) is 40.4 Å². The normalized spacial score (nSPS) is 10.6. The molecule has 1 N–H and O–H groups in total. The molecule has 0 bridgehead atoms. The fraction of sp³-hybridized carbons (Fsp3) is 0.381. The maximum absolute atomic E-state index is 12.0. The number of nitrogens with one attached hydrogen (secondary N) is 1. The predicted octanol–water partition coefficient (Wildman–Crippen LogP) is 2.67. The maximum Gasteiger partial charge on any atom is 0.234 e. The van der Waals surface area contributed by atoms with Crippen LogP contribution in [0.4, 0.5) is 0 Å². The number of amides is 1. The summed E-state index contributed by atoms with van der Waals surface area (Å²) in [7, 11) is 3.57. The summed E-state index contributed by atoms with van der Waals surface area (Å²) in [6, 6.07) is 15.8. The highest BCUT2D eigenvalue weighted by atomic mass is 16.5. The Labute approximate surface area is 155 Å². The van der Waals surface area contributed by atoms with Crippen LogP contribution in [-0.4, -0.2) is 51.2 Å². The van der Waals surface area contributed by atoms with Gasteiger partial charge in [-0.15, -0.1) is 0 Å². The summed E-state index contributed by atoms with van der Waals surface area (Å²) < 4.78 is 10.9. The van der Waals surface area contributed by atoms with Gasteiger partial charge in [0.15, 0.2) is 0 Å². The first-order valence-electron chi connectivity index (χ1n) is 8.85. The van der Waals surface area contributed by atoms with Crippen LogP contribution in [0.2, 0.25) is 0 Å². The van der Waals surface area contributed by atoms with Crippen molar-refractivity contribution in [1.82, 2.24) is 10.2 Å². The van der Waals surface area contributed by atoms with Crippen LogP contribution in [-0.2, 0) is 11.2 Å². The van der Waals surface area contributed by atoms with E-state index in [1.807, 2.05) is 67.4 Å². The minimum Gasteiger partial charge on any atom is -0.497 e. The summed E-state index contributed by atoms with van der Waals surface area (Å²) in [6.07, 6.45) is 0.801. The van der Waals surface area contributed by atoms with Crippen LogP contribution in [0.5, 0.6) is 11.5 Å². The van der Waals surface area contributed by atoms with Crippen molar-refractivity contribution in [3.63, 3.8) is 0 Å². The molecule has 2 aromatic rings. The molecule has 0 radical (unpaired) electrons. The average molecular weight is 356 g/mol. The van der Waals surface area contributed by atoms with Gasteiger partial charge in [-0.1, -0.05) is 30.3 Å². The molecule has 0 saturated carbocycles. The van der Waals surface area contributed by atoms with E-state index in [1.54, 1.807) is 7.11 Å². The van der Waals surface area contributed by atoms with Gasteiger partial charge < -0.3 is 14.8 Å². The van der Waals surface area contributed by atoms with Crippen molar-refractivity contribution in [2.24, 2.45) is 0 Å². The quantitative estimate of drug-likeness (QED) is 0.711. The number of hydrogen-bond donors (Lipinski definition) is 1. The molecular formula is C21H28N2O3. The molecule has 0 atom stereocenters. The number of para-hydroxylation sites is 1. The van der Waals surface area contributed by atoms with Crippen molar-refractivity contribution < 1.29 is 14.3 Å². The number of rotatable bonds is 10. The Morgan fingerprint density at radius 1 is 1.12 bits per heavy atom. The molecule has 5 nitrogen and oxygen atoms in total. The number of aryl methyl sites for hydroxylation is 1. The van der Waals surface area contributed by atoms with Crippen molar-refractivity contribution in [2.45, 2.75) is 13.3 Å². The summed E-state index contributed by atoms with van der Waals surface area (Å²) in [5, 5.41) is 2.96. The number of methoxy groups -OCH3 is 1. The second kappa shape index (κ2) is 10.5. The molecule has 26 heavy (non-hydrogen) atoms. The van der Waals surface area contributed by atoms with Crippen molar-refractivity contribution in [3.8, 4) is 11.5 Å². The lowest BCUT2D eigenvalue weighted by Gasteiger charge is -2.17. The minimum absolute atomic E-state index is 0.0249. The molecule has 0 unspecified atom stereocenters. The van der Waals surface area contributed by atoms with Gasteiger partial charge >= 0.3 is 0 Å². The molecule has 140 valence electrons. The molecule has 1 amide bonds. The van der Waals surface area contributed by atoms with Gasteiger partial charge in [0.1, 0.15) is 18.1 Å². The zero-order chi connectivity index (χ0) is 18.8. The summed E-state index contributed by atoms with van der Waals surface area (Å²) in [6.45, 7) is 4.26. The van der Waals surface area contributed by atoms with E-state index in [1.165, 1.54) is 5.56 Å². The zero-order valence-corrected chi connectivity index (χ0v) is 15.8. The van der Waals surface area contributed by atoms with Crippen molar-refractivity contribution in [3.05, 3.63) is 59.7 Å². The van der Waals surface area contributed by atoms with E-state index in [-0.39, 0.29) is 5.91 Å². The second-order valence-electron chi connectivity index (χ2n) is 6.30. The molecule has 2 rings (SSSR count). The molecule has 0 aliphatic heterocycles. The first-order chi connectivity index (χ1) is 12.6. The van der Waals surface area contributed by atoms with Crippen LogP contribution in [0.25, 0.3) is 0 Å². The summed E-state index contributed by atoms with van der Waals surface area (Å²) in [5.74, 6) is 1.76. The standard InChI is InChI=1S/C21H28N2O3/c1-17-6-4-5-7-20(17)26-15-14-23(2)16-21(24)22-13-12-18-8-10-19(25-3)11-9-18/h4-11H,12-16H2,1-3H3,(H,22,24). The number of benzene rings is 2. The fourth-order valence-corrected chi connectivity index (χ4v) is 2.55. The van der Waals surface area contributed by atoms with Gasteiger partial charge in [0, 0.05) is 13.1 Å². The number of carbonyl (C=O) groups excluding carboxylic acids is 1. The Morgan fingerprint density at radius 2 is 1.85 bits per heavy atom. The van der Waals surface area contributed by atoms with Gasteiger partial charge in [0.05, 0.1) is 13.7 Å². The molecule has 0 fully saturated rings. The van der Waals surface area contributed by atoms with Crippen LogP contribution in [0.3, 0.4) is 0 Å². The van der Waals surface area contributed by atoms with Crippen LogP contribution in [0.15, 0.2) is 48.5 Å². The van der Waals surface area contributed by atoms with Crippen LogP contribution in [0.1, 0.15) is 11.1 Å². The highest BCUT2D eigenvalue weighted by molar-refractivity contribution is 5.77. The lowest BCUT2D eigenvalue weighted by atomic mass is 10.1. The Balaban J connectivity index is 1.61. The molecule has 0 aliphatic carbocycles. The van der Waals surface area contributed by atoms with Gasteiger partial charge in [-0.2, -0.15) is 0 Å². The Bertz CT molecular complexity index is 686. The van der Waals surface area contributed by atoms with E-state index in [0.29, 0.717) is 26.2 Å². The third kappa shape index (κ3) is 6.76.